The van der Waals surface area contributed by atoms with Crippen molar-refractivity contribution in [3.05, 3.63) is 11.1 Å². The summed E-state index contributed by atoms with van der Waals surface area (Å²) >= 11 is 1.66. The van der Waals surface area contributed by atoms with Gasteiger partial charge < -0.3 is 10.0 Å². The van der Waals surface area contributed by atoms with E-state index in [1.165, 1.54) is 32.1 Å². The average molecular weight is 240 g/mol. The third-order valence-corrected chi connectivity index (χ3v) is 3.98. The van der Waals surface area contributed by atoms with Gasteiger partial charge in [0.05, 0.1) is 11.8 Å². The van der Waals surface area contributed by atoms with E-state index in [0.717, 1.165) is 23.9 Å². The Balaban J connectivity index is 2.02. The molecule has 0 aromatic carbocycles. The van der Waals surface area contributed by atoms with Crippen LogP contribution >= 0.6 is 11.3 Å². The van der Waals surface area contributed by atoms with Crippen LogP contribution in [0.2, 0.25) is 0 Å². The number of aliphatic hydroxyl groups is 1. The van der Waals surface area contributed by atoms with Crippen molar-refractivity contribution in [3.8, 4) is 0 Å². The quantitative estimate of drug-likeness (QED) is 0.863. The Kier molecular flexibility index (Phi) is 4.18. The summed E-state index contributed by atoms with van der Waals surface area (Å²) in [7, 11) is 0. The number of anilines is 1. The largest absolute Gasteiger partial charge is 0.387 e. The molecule has 1 aliphatic heterocycles. The van der Waals surface area contributed by atoms with Gasteiger partial charge in [0, 0.05) is 18.5 Å². The van der Waals surface area contributed by atoms with Crippen molar-refractivity contribution in [3.63, 3.8) is 0 Å². The van der Waals surface area contributed by atoms with Gasteiger partial charge in [-0.1, -0.05) is 19.3 Å². The fraction of sp³-hybridized carbons (Fsp3) is 0.750. The molecule has 2 heterocycles. The van der Waals surface area contributed by atoms with Gasteiger partial charge in [-0.05, 0) is 19.8 Å². The van der Waals surface area contributed by atoms with Crippen LogP contribution in [0, 0.1) is 0 Å². The van der Waals surface area contributed by atoms with Crippen LogP contribution in [0.5, 0.6) is 0 Å². The molecule has 1 unspecified atom stereocenters. The van der Waals surface area contributed by atoms with E-state index < -0.39 is 6.10 Å². The van der Waals surface area contributed by atoms with Crippen LogP contribution in [0.1, 0.15) is 50.8 Å². The van der Waals surface area contributed by atoms with Crippen molar-refractivity contribution in [2.24, 2.45) is 0 Å². The first-order valence-corrected chi connectivity index (χ1v) is 7.04. The molecule has 0 spiro atoms. The molecule has 90 valence electrons. The predicted molar refractivity (Wildman–Crippen MR) is 68.0 cm³/mol. The molecule has 1 atom stereocenters. The van der Waals surface area contributed by atoms with E-state index in [2.05, 4.69) is 9.88 Å². The molecule has 2 rings (SSSR count). The Morgan fingerprint density at radius 3 is 2.44 bits per heavy atom. The number of thiazole rings is 1. The van der Waals surface area contributed by atoms with Crippen LogP contribution in [0.25, 0.3) is 0 Å². The molecule has 0 saturated carbocycles. The molecule has 4 heteroatoms. The van der Waals surface area contributed by atoms with Crippen molar-refractivity contribution in [2.75, 3.05) is 18.0 Å². The van der Waals surface area contributed by atoms with Crippen molar-refractivity contribution < 1.29 is 5.11 Å². The first-order valence-electron chi connectivity index (χ1n) is 6.16. The maximum atomic E-state index is 9.46. The minimum Gasteiger partial charge on any atom is -0.387 e. The maximum absolute atomic E-state index is 9.46. The second-order valence-corrected chi connectivity index (χ2v) is 5.32. The fourth-order valence-corrected chi connectivity index (χ4v) is 3.02. The maximum Gasteiger partial charge on any atom is 0.185 e. The highest BCUT2D eigenvalue weighted by Gasteiger charge is 2.14. The Morgan fingerprint density at radius 1 is 1.25 bits per heavy atom. The van der Waals surface area contributed by atoms with Gasteiger partial charge in [0.1, 0.15) is 0 Å². The highest BCUT2D eigenvalue weighted by Crippen LogP contribution is 2.25. The lowest BCUT2D eigenvalue weighted by molar-refractivity contribution is 0.195. The number of hydrogen-bond donors (Lipinski definition) is 1. The Labute approximate surface area is 101 Å². The number of aliphatic hydroxyl groups excluding tert-OH is 1. The van der Waals surface area contributed by atoms with Crippen molar-refractivity contribution >= 4 is 16.5 Å². The van der Waals surface area contributed by atoms with Crippen LogP contribution < -0.4 is 4.90 Å². The zero-order chi connectivity index (χ0) is 11.4. The number of nitrogens with zero attached hydrogens (tertiary/aromatic N) is 2. The van der Waals surface area contributed by atoms with Crippen LogP contribution in [-0.4, -0.2) is 23.2 Å². The van der Waals surface area contributed by atoms with E-state index in [0.29, 0.717) is 0 Å². The standard InChI is InChI=1S/C12H20N2OS/c1-10(15)11-9-16-12(13-11)14-7-5-3-2-4-6-8-14/h9-10,15H,2-8H2,1H3. The molecule has 1 N–H and O–H groups in total. The second kappa shape index (κ2) is 5.64. The van der Waals surface area contributed by atoms with Gasteiger partial charge in [0.2, 0.25) is 0 Å². The van der Waals surface area contributed by atoms with E-state index in [9.17, 15) is 5.11 Å². The zero-order valence-electron chi connectivity index (χ0n) is 9.85. The average Bonchev–Trinajstić information content (AvgIpc) is 2.66. The molecule has 16 heavy (non-hydrogen) atoms. The molecule has 0 amide bonds. The minimum absolute atomic E-state index is 0.445. The molecule has 1 aromatic heterocycles. The summed E-state index contributed by atoms with van der Waals surface area (Å²) in [4.78, 5) is 6.87. The van der Waals surface area contributed by atoms with Crippen LogP contribution in [0.4, 0.5) is 5.13 Å². The van der Waals surface area contributed by atoms with Gasteiger partial charge in [0.25, 0.3) is 0 Å². The van der Waals surface area contributed by atoms with Crippen LogP contribution in [0.3, 0.4) is 0 Å². The highest BCUT2D eigenvalue weighted by molar-refractivity contribution is 7.13. The van der Waals surface area contributed by atoms with Gasteiger partial charge in [-0.2, -0.15) is 0 Å². The normalized spacial score (nSPS) is 20.2. The Bertz CT molecular complexity index is 317. The summed E-state index contributed by atoms with van der Waals surface area (Å²) < 4.78 is 0. The molecule has 0 radical (unpaired) electrons. The second-order valence-electron chi connectivity index (χ2n) is 4.49. The molecule has 0 aliphatic carbocycles. The molecular weight excluding hydrogens is 220 g/mol. The van der Waals surface area contributed by atoms with E-state index in [1.54, 1.807) is 18.3 Å². The summed E-state index contributed by atoms with van der Waals surface area (Å²) in [5.74, 6) is 0. The summed E-state index contributed by atoms with van der Waals surface area (Å²) in [5.41, 5.74) is 0.807. The Morgan fingerprint density at radius 2 is 1.88 bits per heavy atom. The smallest absolute Gasteiger partial charge is 0.185 e. The molecule has 1 aliphatic rings. The number of hydrogen-bond acceptors (Lipinski definition) is 4. The predicted octanol–water partition coefficient (Wildman–Crippen LogP) is 2.97. The van der Waals surface area contributed by atoms with E-state index in [-0.39, 0.29) is 0 Å². The van der Waals surface area contributed by atoms with Gasteiger partial charge in [-0.25, -0.2) is 4.98 Å². The van der Waals surface area contributed by atoms with E-state index in [1.807, 2.05) is 5.38 Å². The van der Waals surface area contributed by atoms with E-state index in [4.69, 9.17) is 0 Å². The third kappa shape index (κ3) is 2.95. The lowest BCUT2D eigenvalue weighted by atomic mass is 10.1. The first-order chi connectivity index (χ1) is 7.77. The van der Waals surface area contributed by atoms with Gasteiger partial charge in [0.15, 0.2) is 5.13 Å². The molecule has 1 saturated heterocycles. The topological polar surface area (TPSA) is 36.4 Å². The summed E-state index contributed by atoms with van der Waals surface area (Å²) in [6.07, 6.45) is 6.15. The summed E-state index contributed by atoms with van der Waals surface area (Å²) in [5, 5.41) is 12.5. The monoisotopic (exact) mass is 240 g/mol. The van der Waals surface area contributed by atoms with Crippen molar-refractivity contribution in [1.82, 2.24) is 4.98 Å². The number of aromatic nitrogens is 1. The SMILES string of the molecule is CC(O)c1csc(N2CCCCCCC2)n1. The summed E-state index contributed by atoms with van der Waals surface area (Å²) in [6.45, 7) is 4.01. The lowest BCUT2D eigenvalue weighted by Gasteiger charge is -2.23. The molecular formula is C12H20N2OS. The summed E-state index contributed by atoms with van der Waals surface area (Å²) in [6, 6.07) is 0. The van der Waals surface area contributed by atoms with Crippen molar-refractivity contribution in [2.45, 2.75) is 45.1 Å². The third-order valence-electron chi connectivity index (χ3n) is 3.06. The van der Waals surface area contributed by atoms with Gasteiger partial charge >= 0.3 is 0 Å². The Hall–Kier alpha value is -0.610. The van der Waals surface area contributed by atoms with Crippen LogP contribution in [0.15, 0.2) is 5.38 Å². The van der Waals surface area contributed by atoms with Crippen LogP contribution in [-0.2, 0) is 0 Å². The highest BCUT2D eigenvalue weighted by atomic mass is 32.1. The zero-order valence-corrected chi connectivity index (χ0v) is 10.7. The lowest BCUT2D eigenvalue weighted by Crippen LogP contribution is -2.26. The fourth-order valence-electron chi connectivity index (χ4n) is 2.05. The first kappa shape index (κ1) is 11.9. The number of rotatable bonds is 2. The van der Waals surface area contributed by atoms with E-state index >= 15 is 0 Å². The molecule has 1 fully saturated rings. The molecule has 3 nitrogen and oxygen atoms in total. The van der Waals surface area contributed by atoms with Crippen molar-refractivity contribution in [1.29, 1.82) is 0 Å². The minimum atomic E-state index is -0.445. The molecule has 1 aromatic rings. The molecule has 0 bridgehead atoms. The van der Waals surface area contributed by atoms with Gasteiger partial charge in [-0.15, -0.1) is 11.3 Å². The van der Waals surface area contributed by atoms with Gasteiger partial charge in [-0.3, -0.25) is 0 Å².